The van der Waals surface area contributed by atoms with E-state index in [9.17, 15) is 5.26 Å². The molecule has 0 spiro atoms. The number of anilines is 2. The maximum absolute atomic E-state index is 9.26. The molecule has 1 aromatic carbocycles. The molecule has 0 amide bonds. The van der Waals surface area contributed by atoms with Gasteiger partial charge in [-0.2, -0.15) is 10.4 Å². The van der Waals surface area contributed by atoms with E-state index in [-0.39, 0.29) is 6.04 Å². The van der Waals surface area contributed by atoms with Crippen LogP contribution in [0.4, 0.5) is 11.6 Å². The standard InChI is InChI=1S/C23H18N8O/c1-25-19-10-23(11-19,6-7-24)31-14-17(12-28-31)20-5-8-27-22(30-20)29-18-4-2-3-16(9-18)21-13-26-15-32-21/h2-5,8-9,12-15,19H,6,10-11H2,(H,27,29,30). The summed E-state index contributed by atoms with van der Waals surface area (Å²) in [5.74, 6) is 1.13. The topological polar surface area (TPSA) is 110 Å². The highest BCUT2D eigenvalue weighted by molar-refractivity contribution is 5.66. The number of nitriles is 1. The Labute approximate surface area is 184 Å². The molecule has 9 heteroatoms. The second-order valence-electron chi connectivity index (χ2n) is 7.76. The average Bonchev–Trinajstić information content (AvgIpc) is 3.49. The van der Waals surface area contributed by atoms with Crippen LogP contribution in [0.25, 0.3) is 27.4 Å². The van der Waals surface area contributed by atoms with E-state index in [1.165, 1.54) is 6.39 Å². The molecule has 1 aliphatic rings. The Morgan fingerprint density at radius 3 is 2.97 bits per heavy atom. The second-order valence-corrected chi connectivity index (χ2v) is 7.76. The lowest BCUT2D eigenvalue weighted by Gasteiger charge is -2.40. The second kappa shape index (κ2) is 7.97. The summed E-state index contributed by atoms with van der Waals surface area (Å²) in [7, 11) is 0. The van der Waals surface area contributed by atoms with E-state index in [0.717, 1.165) is 16.8 Å². The smallest absolute Gasteiger partial charge is 0.228 e. The van der Waals surface area contributed by atoms with Crippen LogP contribution in [0.15, 0.2) is 65.9 Å². The monoisotopic (exact) mass is 422 g/mol. The molecule has 0 saturated heterocycles. The minimum Gasteiger partial charge on any atom is -0.444 e. The Morgan fingerprint density at radius 2 is 2.19 bits per heavy atom. The van der Waals surface area contributed by atoms with Crippen LogP contribution in [0, 0.1) is 17.9 Å². The first kappa shape index (κ1) is 19.5. The molecule has 0 atom stereocenters. The van der Waals surface area contributed by atoms with Gasteiger partial charge < -0.3 is 14.6 Å². The third-order valence-electron chi connectivity index (χ3n) is 5.68. The molecule has 0 bridgehead atoms. The highest BCUT2D eigenvalue weighted by Crippen LogP contribution is 2.44. The summed E-state index contributed by atoms with van der Waals surface area (Å²) in [5.41, 5.74) is 2.85. The summed E-state index contributed by atoms with van der Waals surface area (Å²) in [5, 5.41) is 17.0. The average molecular weight is 422 g/mol. The van der Waals surface area contributed by atoms with Gasteiger partial charge in [0.05, 0.1) is 36.1 Å². The molecule has 156 valence electrons. The summed E-state index contributed by atoms with van der Waals surface area (Å²) < 4.78 is 7.18. The van der Waals surface area contributed by atoms with Crippen molar-refractivity contribution in [3.63, 3.8) is 0 Å². The van der Waals surface area contributed by atoms with Crippen LogP contribution >= 0.6 is 0 Å². The zero-order chi connectivity index (χ0) is 22.0. The maximum Gasteiger partial charge on any atom is 0.228 e. The van der Waals surface area contributed by atoms with Gasteiger partial charge in [0.25, 0.3) is 0 Å². The molecule has 3 heterocycles. The number of oxazole rings is 1. The number of rotatable bonds is 6. The number of aromatic nitrogens is 5. The van der Waals surface area contributed by atoms with Crippen LogP contribution < -0.4 is 5.32 Å². The van der Waals surface area contributed by atoms with Crippen molar-refractivity contribution in [1.29, 1.82) is 5.26 Å². The summed E-state index contributed by atoms with van der Waals surface area (Å²) in [6.45, 7) is 7.22. The quantitative estimate of drug-likeness (QED) is 0.458. The van der Waals surface area contributed by atoms with Gasteiger partial charge in [-0.15, -0.1) is 0 Å². The Morgan fingerprint density at radius 1 is 1.28 bits per heavy atom. The first-order chi connectivity index (χ1) is 15.7. The van der Waals surface area contributed by atoms with Crippen molar-refractivity contribution in [2.24, 2.45) is 0 Å². The summed E-state index contributed by atoms with van der Waals surface area (Å²) in [4.78, 5) is 16.5. The summed E-state index contributed by atoms with van der Waals surface area (Å²) in [6.07, 6.45) is 10.00. The van der Waals surface area contributed by atoms with Crippen LogP contribution in [0.2, 0.25) is 0 Å². The fourth-order valence-corrected chi connectivity index (χ4v) is 4.00. The van der Waals surface area contributed by atoms with Crippen molar-refractivity contribution >= 4 is 11.6 Å². The number of nitrogens with zero attached hydrogens (tertiary/aromatic N) is 7. The van der Waals surface area contributed by atoms with Crippen LogP contribution in [0.5, 0.6) is 0 Å². The van der Waals surface area contributed by atoms with Gasteiger partial charge in [-0.1, -0.05) is 12.1 Å². The zero-order valence-electron chi connectivity index (χ0n) is 17.0. The lowest BCUT2D eigenvalue weighted by Crippen LogP contribution is -2.48. The van der Waals surface area contributed by atoms with Crippen molar-refractivity contribution in [1.82, 2.24) is 24.7 Å². The molecule has 1 saturated carbocycles. The third kappa shape index (κ3) is 3.57. The summed E-state index contributed by atoms with van der Waals surface area (Å²) >= 11 is 0. The van der Waals surface area contributed by atoms with Crippen LogP contribution in [-0.4, -0.2) is 30.8 Å². The SMILES string of the molecule is [C-]#[N+]C1CC(CC#N)(n2cc(-c3ccnc(Nc4cccc(-c5cnco5)c4)n3)cn2)C1. The fraction of sp³-hybridized carbons (Fsp3) is 0.217. The molecule has 9 nitrogen and oxygen atoms in total. The number of hydrogen-bond donors (Lipinski definition) is 1. The number of nitrogens with one attached hydrogen (secondary N) is 1. The Kier molecular flexibility index (Phi) is 4.85. The molecule has 1 fully saturated rings. The van der Waals surface area contributed by atoms with E-state index in [1.54, 1.807) is 18.6 Å². The van der Waals surface area contributed by atoms with Crippen molar-refractivity contribution in [3.8, 4) is 28.7 Å². The van der Waals surface area contributed by atoms with Crippen LogP contribution in [-0.2, 0) is 5.54 Å². The Bertz CT molecular complexity index is 1320. The molecule has 3 aromatic heterocycles. The van der Waals surface area contributed by atoms with E-state index in [4.69, 9.17) is 11.0 Å². The van der Waals surface area contributed by atoms with Gasteiger partial charge in [-0.3, -0.25) is 4.68 Å². The lowest BCUT2D eigenvalue weighted by molar-refractivity contribution is 0.120. The van der Waals surface area contributed by atoms with Gasteiger partial charge in [0.2, 0.25) is 12.0 Å². The Hall–Kier alpha value is -4.50. The highest BCUT2D eigenvalue weighted by atomic mass is 16.3. The van der Waals surface area contributed by atoms with E-state index < -0.39 is 5.54 Å². The van der Waals surface area contributed by atoms with Gasteiger partial charge >= 0.3 is 0 Å². The van der Waals surface area contributed by atoms with E-state index >= 15 is 0 Å². The van der Waals surface area contributed by atoms with Crippen LogP contribution in [0.3, 0.4) is 0 Å². The predicted octanol–water partition coefficient (Wildman–Crippen LogP) is 4.43. The fourth-order valence-electron chi connectivity index (χ4n) is 4.00. The van der Waals surface area contributed by atoms with Crippen molar-refractivity contribution in [2.45, 2.75) is 30.8 Å². The van der Waals surface area contributed by atoms with Gasteiger partial charge in [0.15, 0.2) is 12.2 Å². The van der Waals surface area contributed by atoms with Gasteiger partial charge in [0.1, 0.15) is 0 Å². The van der Waals surface area contributed by atoms with E-state index in [2.05, 4.69) is 36.3 Å². The van der Waals surface area contributed by atoms with Gasteiger partial charge in [-0.05, 0) is 18.2 Å². The molecule has 4 aromatic rings. The Balaban J connectivity index is 1.37. The molecule has 0 unspecified atom stereocenters. The van der Waals surface area contributed by atoms with E-state index in [0.29, 0.717) is 36.7 Å². The van der Waals surface area contributed by atoms with Crippen LogP contribution in [0.1, 0.15) is 19.3 Å². The predicted molar refractivity (Wildman–Crippen MR) is 116 cm³/mol. The van der Waals surface area contributed by atoms with Gasteiger partial charge in [0, 0.05) is 42.0 Å². The molecule has 1 aliphatic carbocycles. The minimum absolute atomic E-state index is 0.0430. The molecule has 32 heavy (non-hydrogen) atoms. The lowest BCUT2D eigenvalue weighted by atomic mass is 9.71. The zero-order valence-corrected chi connectivity index (χ0v) is 17.0. The van der Waals surface area contributed by atoms with E-state index in [1.807, 2.05) is 41.2 Å². The van der Waals surface area contributed by atoms with Crippen molar-refractivity contribution in [3.05, 3.63) is 72.9 Å². The van der Waals surface area contributed by atoms with Crippen molar-refractivity contribution in [2.75, 3.05) is 5.32 Å². The largest absolute Gasteiger partial charge is 0.444 e. The first-order valence-electron chi connectivity index (χ1n) is 10.1. The molecule has 5 rings (SSSR count). The molecule has 0 aliphatic heterocycles. The molecular weight excluding hydrogens is 404 g/mol. The normalized spacial score (nSPS) is 19.5. The first-order valence-corrected chi connectivity index (χ1v) is 10.1. The summed E-state index contributed by atoms with van der Waals surface area (Å²) in [6, 6.07) is 11.7. The highest BCUT2D eigenvalue weighted by Gasteiger charge is 2.50. The van der Waals surface area contributed by atoms with Gasteiger partial charge in [-0.25, -0.2) is 21.5 Å². The number of hydrogen-bond acceptors (Lipinski definition) is 7. The minimum atomic E-state index is -0.405. The number of benzene rings is 1. The molecular formula is C23H18N8O. The third-order valence-corrected chi connectivity index (χ3v) is 5.68. The van der Waals surface area contributed by atoms with Crippen molar-refractivity contribution < 1.29 is 4.42 Å². The molecule has 0 radical (unpaired) electrons. The molecule has 1 N–H and O–H groups in total. The maximum atomic E-state index is 9.26.